The second-order valence-corrected chi connectivity index (χ2v) is 8.74. The number of hydrogen-bond acceptors (Lipinski definition) is 5. The predicted molar refractivity (Wildman–Crippen MR) is 142 cm³/mol. The van der Waals surface area contributed by atoms with Gasteiger partial charge in [-0.3, -0.25) is 9.59 Å². The van der Waals surface area contributed by atoms with Gasteiger partial charge in [-0.05, 0) is 72.9 Å². The minimum atomic E-state index is -0.491. The highest BCUT2D eigenvalue weighted by Gasteiger charge is 2.18. The molecule has 1 aliphatic heterocycles. The fourth-order valence-corrected chi connectivity index (χ4v) is 4.11. The van der Waals surface area contributed by atoms with E-state index in [4.69, 9.17) is 9.47 Å². The summed E-state index contributed by atoms with van der Waals surface area (Å²) in [4.78, 5) is 27.1. The van der Waals surface area contributed by atoms with Crippen LogP contribution in [0.1, 0.15) is 40.7 Å². The van der Waals surface area contributed by atoms with Crippen LogP contribution in [0.2, 0.25) is 0 Å². The molecule has 2 amide bonds. The molecule has 3 aromatic carbocycles. The molecule has 0 spiro atoms. The predicted octanol–water partition coefficient (Wildman–Crippen LogP) is 5.45. The summed E-state index contributed by atoms with van der Waals surface area (Å²) in [5.41, 5.74) is 2.82. The van der Waals surface area contributed by atoms with Crippen molar-refractivity contribution in [3.63, 3.8) is 0 Å². The zero-order valence-electron chi connectivity index (χ0n) is 20.8. The third-order valence-corrected chi connectivity index (χ3v) is 6.13. The molecule has 188 valence electrons. The van der Waals surface area contributed by atoms with E-state index in [0.717, 1.165) is 31.5 Å². The number of nitrogens with one attached hydrogen (secondary N) is 1. The molecular formula is C30H29N3O4. The highest BCUT2D eigenvalue weighted by Crippen LogP contribution is 2.30. The number of likely N-dealkylation sites (tertiary alicyclic amines) is 1. The Bertz CT molecular complexity index is 1300. The van der Waals surface area contributed by atoms with Crippen molar-refractivity contribution in [1.82, 2.24) is 4.90 Å². The molecular weight excluding hydrogens is 466 g/mol. The molecule has 0 bridgehead atoms. The number of piperidine rings is 1. The maximum Gasteiger partial charge on any atom is 0.266 e. The van der Waals surface area contributed by atoms with Crippen LogP contribution in [0.4, 0.5) is 5.69 Å². The van der Waals surface area contributed by atoms with Gasteiger partial charge in [0.25, 0.3) is 11.8 Å². The van der Waals surface area contributed by atoms with Crippen molar-refractivity contribution in [1.29, 1.82) is 5.26 Å². The SMILES string of the molecule is COc1cc(/C=C(/C#N)C(=O)Nc2ccccc2)ccc1OCc1ccc(C(=O)N2CCCCC2)cc1. The Kier molecular flexibility index (Phi) is 8.56. The minimum Gasteiger partial charge on any atom is -0.493 e. The van der Waals surface area contributed by atoms with Gasteiger partial charge in [0.15, 0.2) is 11.5 Å². The van der Waals surface area contributed by atoms with Crippen LogP contribution >= 0.6 is 0 Å². The Labute approximate surface area is 216 Å². The van der Waals surface area contributed by atoms with Crippen molar-refractivity contribution in [2.24, 2.45) is 0 Å². The van der Waals surface area contributed by atoms with E-state index in [-0.39, 0.29) is 11.5 Å². The molecule has 1 fully saturated rings. The van der Waals surface area contributed by atoms with Crippen LogP contribution in [-0.4, -0.2) is 36.9 Å². The second-order valence-electron chi connectivity index (χ2n) is 8.74. The van der Waals surface area contributed by atoms with E-state index in [2.05, 4.69) is 5.32 Å². The smallest absolute Gasteiger partial charge is 0.266 e. The number of para-hydroxylation sites is 1. The number of carbonyl (C=O) groups is 2. The number of carbonyl (C=O) groups excluding carboxylic acids is 2. The topological polar surface area (TPSA) is 91.7 Å². The summed E-state index contributed by atoms with van der Waals surface area (Å²) in [5, 5.41) is 12.2. The van der Waals surface area contributed by atoms with E-state index in [1.54, 1.807) is 42.5 Å². The fraction of sp³-hybridized carbons (Fsp3) is 0.233. The number of anilines is 1. The van der Waals surface area contributed by atoms with Gasteiger partial charge in [0.05, 0.1) is 7.11 Å². The normalized spacial score (nSPS) is 13.4. The number of amides is 2. The molecule has 1 saturated heterocycles. The number of nitrogens with zero attached hydrogens (tertiary/aromatic N) is 2. The number of ether oxygens (including phenoxy) is 2. The highest BCUT2D eigenvalue weighted by atomic mass is 16.5. The maximum absolute atomic E-state index is 12.7. The first kappa shape index (κ1) is 25.5. The van der Waals surface area contributed by atoms with Crippen molar-refractivity contribution < 1.29 is 19.1 Å². The molecule has 4 rings (SSSR count). The van der Waals surface area contributed by atoms with Crippen molar-refractivity contribution in [3.05, 3.63) is 95.1 Å². The molecule has 1 aliphatic rings. The highest BCUT2D eigenvalue weighted by molar-refractivity contribution is 6.09. The Morgan fingerprint density at radius 1 is 0.973 bits per heavy atom. The van der Waals surface area contributed by atoms with Crippen LogP contribution in [0.15, 0.2) is 78.4 Å². The summed E-state index contributed by atoms with van der Waals surface area (Å²) >= 11 is 0. The molecule has 7 heteroatoms. The molecule has 0 aliphatic carbocycles. The number of benzene rings is 3. The molecule has 1 heterocycles. The van der Waals surface area contributed by atoms with E-state index in [1.807, 2.05) is 41.3 Å². The Hall–Kier alpha value is -4.57. The first-order chi connectivity index (χ1) is 18.1. The van der Waals surface area contributed by atoms with E-state index < -0.39 is 5.91 Å². The quantitative estimate of drug-likeness (QED) is 0.332. The zero-order valence-corrected chi connectivity index (χ0v) is 20.8. The van der Waals surface area contributed by atoms with Gasteiger partial charge in [-0.2, -0.15) is 5.26 Å². The van der Waals surface area contributed by atoms with Crippen molar-refractivity contribution in [2.75, 3.05) is 25.5 Å². The van der Waals surface area contributed by atoms with Crippen molar-refractivity contribution in [2.45, 2.75) is 25.9 Å². The number of hydrogen-bond donors (Lipinski definition) is 1. The van der Waals surface area contributed by atoms with E-state index in [0.29, 0.717) is 34.9 Å². The van der Waals surface area contributed by atoms with Crippen LogP contribution in [0.3, 0.4) is 0 Å². The summed E-state index contributed by atoms with van der Waals surface area (Å²) in [6.45, 7) is 1.94. The maximum atomic E-state index is 12.7. The van der Waals surface area contributed by atoms with Crippen molar-refractivity contribution >= 4 is 23.6 Å². The molecule has 1 N–H and O–H groups in total. The lowest BCUT2D eigenvalue weighted by Crippen LogP contribution is -2.35. The van der Waals surface area contributed by atoms with Crippen LogP contribution in [0, 0.1) is 11.3 Å². The standard InChI is InChI=1S/C30H29N3O4/c1-36-28-19-23(18-25(20-31)29(34)32-26-8-4-2-5-9-26)12-15-27(28)37-21-22-10-13-24(14-11-22)30(35)33-16-6-3-7-17-33/h2,4-5,8-15,18-19H,3,6-7,16-17,21H2,1H3,(H,32,34)/b25-18-. The number of rotatable bonds is 8. The molecule has 7 nitrogen and oxygen atoms in total. The third kappa shape index (κ3) is 6.77. The lowest BCUT2D eigenvalue weighted by atomic mass is 10.1. The molecule has 0 radical (unpaired) electrons. The number of nitriles is 1. The molecule has 0 unspecified atom stereocenters. The van der Waals surface area contributed by atoms with E-state index >= 15 is 0 Å². The Balaban J connectivity index is 1.40. The van der Waals surface area contributed by atoms with Crippen LogP contribution in [0.25, 0.3) is 6.08 Å². The van der Waals surface area contributed by atoms with Gasteiger partial charge in [0.1, 0.15) is 18.2 Å². The molecule has 37 heavy (non-hydrogen) atoms. The molecule has 0 aromatic heterocycles. The number of methoxy groups -OCH3 is 1. The summed E-state index contributed by atoms with van der Waals surface area (Å²) < 4.78 is 11.4. The van der Waals surface area contributed by atoms with E-state index in [1.165, 1.54) is 19.6 Å². The zero-order chi connectivity index (χ0) is 26.0. The lowest BCUT2D eigenvalue weighted by Gasteiger charge is -2.26. The monoisotopic (exact) mass is 495 g/mol. The van der Waals surface area contributed by atoms with Gasteiger partial charge in [-0.15, -0.1) is 0 Å². The second kappa shape index (κ2) is 12.4. The van der Waals surface area contributed by atoms with Gasteiger partial charge in [0.2, 0.25) is 0 Å². The summed E-state index contributed by atoms with van der Waals surface area (Å²) in [6.07, 6.45) is 4.81. The van der Waals surface area contributed by atoms with Gasteiger partial charge in [-0.1, -0.05) is 36.4 Å². The van der Waals surface area contributed by atoms with Gasteiger partial charge in [-0.25, -0.2) is 0 Å². The average molecular weight is 496 g/mol. The Morgan fingerprint density at radius 2 is 1.70 bits per heavy atom. The summed E-state index contributed by atoms with van der Waals surface area (Å²) in [6, 6.07) is 23.6. The molecule has 0 saturated carbocycles. The summed E-state index contributed by atoms with van der Waals surface area (Å²) in [7, 11) is 1.53. The van der Waals surface area contributed by atoms with Crippen LogP contribution < -0.4 is 14.8 Å². The van der Waals surface area contributed by atoms with Gasteiger partial charge in [0, 0.05) is 24.3 Å². The first-order valence-corrected chi connectivity index (χ1v) is 12.2. The summed E-state index contributed by atoms with van der Waals surface area (Å²) in [5.74, 6) is 0.591. The Morgan fingerprint density at radius 3 is 2.38 bits per heavy atom. The average Bonchev–Trinajstić information content (AvgIpc) is 2.95. The van der Waals surface area contributed by atoms with Crippen LogP contribution in [0.5, 0.6) is 11.5 Å². The van der Waals surface area contributed by atoms with Crippen molar-refractivity contribution in [3.8, 4) is 17.6 Å². The van der Waals surface area contributed by atoms with E-state index in [9.17, 15) is 14.9 Å². The molecule has 0 atom stereocenters. The lowest BCUT2D eigenvalue weighted by molar-refractivity contribution is -0.112. The third-order valence-electron chi connectivity index (χ3n) is 6.13. The van der Waals surface area contributed by atoms with Gasteiger partial charge < -0.3 is 19.7 Å². The first-order valence-electron chi connectivity index (χ1n) is 12.2. The van der Waals surface area contributed by atoms with Gasteiger partial charge >= 0.3 is 0 Å². The molecule has 3 aromatic rings. The fourth-order valence-electron chi connectivity index (χ4n) is 4.11. The minimum absolute atomic E-state index is 0.0289. The largest absolute Gasteiger partial charge is 0.493 e. The van der Waals surface area contributed by atoms with Crippen LogP contribution in [-0.2, 0) is 11.4 Å².